The van der Waals surface area contributed by atoms with E-state index in [9.17, 15) is 29.4 Å². The minimum atomic E-state index is -2.54. The van der Waals surface area contributed by atoms with Gasteiger partial charge in [0, 0.05) is 80.7 Å². The predicted molar refractivity (Wildman–Crippen MR) is 245 cm³/mol. The first-order valence-electron chi connectivity index (χ1n) is 23.9. The van der Waals surface area contributed by atoms with E-state index in [1.165, 1.54) is 26.0 Å². The summed E-state index contributed by atoms with van der Waals surface area (Å²) in [6.07, 6.45) is 9.23. The number of Topliss-reactive ketones (excluding diaryl/α,β-unsaturated/α-hetero) is 1. The Kier molecular flexibility index (Phi) is 11.8. The minimum absolute atomic E-state index is 0.0438. The smallest absolute Gasteiger partial charge is 0.344 e. The number of nitrogens with zero attached hydrogens (tertiary/aromatic N) is 3. The van der Waals surface area contributed by atoms with Gasteiger partial charge in [-0.1, -0.05) is 69.0 Å². The predicted octanol–water partition coefficient (Wildman–Crippen LogP) is 3.56. The van der Waals surface area contributed by atoms with Crippen LogP contribution in [0.4, 0.5) is 0 Å². The fraction of sp³-hybridized carbons (Fsp3) is 0.627. The van der Waals surface area contributed by atoms with Gasteiger partial charge in [0.25, 0.3) is 0 Å². The zero-order chi connectivity index (χ0) is 47.3. The number of methoxy groups -OCH3 is 3. The highest BCUT2D eigenvalue weighted by Gasteiger charge is 2.82. The van der Waals surface area contributed by atoms with Crippen LogP contribution < -0.4 is 5.46 Å². The number of ether oxygens (including phenoxy) is 4. The number of hydrogen-bond donors (Lipinski definition) is 2. The molecule has 1 spiro atoms. The van der Waals surface area contributed by atoms with Gasteiger partial charge in [-0.15, -0.1) is 0 Å². The number of carbonyl (C=O) groups is 5. The van der Waals surface area contributed by atoms with Crippen molar-refractivity contribution in [3.63, 3.8) is 0 Å². The number of benzene rings is 1. The van der Waals surface area contributed by atoms with E-state index in [2.05, 4.69) is 23.2 Å². The molecule has 6 aliphatic heterocycles. The summed E-state index contributed by atoms with van der Waals surface area (Å²) in [5, 5.41) is 25.5. The van der Waals surface area contributed by atoms with Gasteiger partial charge in [-0.3, -0.25) is 29.0 Å². The molecule has 353 valence electrons. The van der Waals surface area contributed by atoms with Crippen molar-refractivity contribution >= 4 is 48.4 Å². The molecule has 14 nitrogen and oxygen atoms in total. The van der Waals surface area contributed by atoms with Gasteiger partial charge in [0.15, 0.2) is 19.2 Å². The summed E-state index contributed by atoms with van der Waals surface area (Å²) in [6.45, 7) is 12.1. The van der Waals surface area contributed by atoms with Crippen molar-refractivity contribution in [1.29, 1.82) is 0 Å². The molecule has 4 fully saturated rings. The summed E-state index contributed by atoms with van der Waals surface area (Å²) < 4.78 is 24.0. The van der Waals surface area contributed by atoms with Crippen LogP contribution in [0.2, 0.25) is 0 Å². The van der Waals surface area contributed by atoms with Crippen molar-refractivity contribution in [2.45, 2.75) is 115 Å². The Hall–Kier alpha value is -4.41. The average molecular weight is 907 g/mol. The molecule has 1 radical (unpaired) electrons. The number of ketones is 1. The third kappa shape index (κ3) is 6.49. The van der Waals surface area contributed by atoms with Gasteiger partial charge in [-0.05, 0) is 85.8 Å². The standard InChI is InChI=1S/C51H65BN3O11/c1-9-47(61)24-31-25-50(45(59)64-7,41-33(14-18-53(26-31)27-47)34-21-32(12-13-37(34)52-41)39(58)20-29(3)4)36-22-35-38(23-40(36)63-6)55(28-56)43-49(35)16-19-54-17-11-15-48(10-2,42(49)54)44(66-30(5)57)51(43,62)46(60)65-8/h11-13,15,21-23,28-29,31,36,40,42-44,61-62H,9-10,14,16-20,24-27H2,1-8H3/t31-,36?,40?,42+,43-,44-,47+,48-,49-,50+,51+/m1/s1. The summed E-state index contributed by atoms with van der Waals surface area (Å²) >= 11 is 0. The molecule has 1 aromatic rings. The lowest BCUT2D eigenvalue weighted by Crippen LogP contribution is -2.80. The van der Waals surface area contributed by atoms with Gasteiger partial charge in [0.1, 0.15) is 0 Å². The second-order valence-corrected chi connectivity index (χ2v) is 20.8. The summed E-state index contributed by atoms with van der Waals surface area (Å²) in [4.78, 5) is 76.7. The maximum Gasteiger partial charge on any atom is 0.344 e. The molecule has 66 heavy (non-hydrogen) atoms. The Bertz CT molecular complexity index is 2360. The summed E-state index contributed by atoms with van der Waals surface area (Å²) in [5.74, 6) is -2.93. The van der Waals surface area contributed by atoms with E-state index in [1.54, 1.807) is 7.11 Å². The van der Waals surface area contributed by atoms with E-state index in [1.807, 2.05) is 64.1 Å². The number of rotatable bonds is 11. The number of amides is 1. The van der Waals surface area contributed by atoms with Gasteiger partial charge in [0.2, 0.25) is 12.0 Å². The first-order valence-corrected chi connectivity index (χ1v) is 23.9. The fourth-order valence-corrected chi connectivity index (χ4v) is 14.7. The second-order valence-electron chi connectivity index (χ2n) is 20.8. The molecule has 6 heterocycles. The number of piperidine rings is 1. The largest absolute Gasteiger partial charge is 0.468 e. The molecular weight excluding hydrogens is 841 g/mol. The van der Waals surface area contributed by atoms with Crippen LogP contribution in [0.25, 0.3) is 5.57 Å². The Labute approximate surface area is 388 Å². The third-order valence-electron chi connectivity index (χ3n) is 17.1. The topological polar surface area (TPSA) is 172 Å². The molecule has 1 saturated carbocycles. The molecule has 1 amide bonds. The van der Waals surface area contributed by atoms with Gasteiger partial charge < -0.3 is 34.1 Å². The van der Waals surface area contributed by atoms with Crippen molar-refractivity contribution in [3.05, 3.63) is 70.4 Å². The van der Waals surface area contributed by atoms with E-state index >= 15 is 4.79 Å². The Morgan fingerprint density at radius 3 is 2.39 bits per heavy atom. The van der Waals surface area contributed by atoms with Crippen molar-refractivity contribution < 1.29 is 53.1 Å². The normalized spacial score (nSPS) is 38.5. The Morgan fingerprint density at radius 1 is 0.985 bits per heavy atom. The molecule has 3 saturated heterocycles. The molecule has 2 N–H and O–H groups in total. The van der Waals surface area contributed by atoms with Gasteiger partial charge in [-0.2, -0.15) is 0 Å². The van der Waals surface area contributed by atoms with E-state index in [0.29, 0.717) is 94.5 Å². The van der Waals surface area contributed by atoms with E-state index in [-0.39, 0.29) is 24.0 Å². The van der Waals surface area contributed by atoms with Crippen LogP contribution in [0.15, 0.2) is 59.2 Å². The average Bonchev–Trinajstić information content (AvgIpc) is 3.97. The zero-order valence-electron chi connectivity index (χ0n) is 39.6. The number of esters is 3. The molecule has 2 aliphatic carbocycles. The van der Waals surface area contributed by atoms with Gasteiger partial charge in [0.05, 0.1) is 37.4 Å². The summed E-state index contributed by atoms with van der Waals surface area (Å²) in [6, 6.07) is 4.05. The molecule has 2 bridgehead atoms. The molecule has 0 aromatic heterocycles. The molecule has 3 unspecified atom stereocenters. The van der Waals surface area contributed by atoms with Crippen LogP contribution in [-0.4, -0.2) is 152 Å². The number of allylic oxidation sites excluding steroid dienone is 1. The molecule has 8 aliphatic rings. The van der Waals surface area contributed by atoms with E-state index in [0.717, 1.165) is 22.1 Å². The van der Waals surface area contributed by atoms with Gasteiger partial charge >= 0.3 is 17.9 Å². The van der Waals surface area contributed by atoms with E-state index in [4.69, 9.17) is 18.9 Å². The monoisotopic (exact) mass is 906 g/mol. The molecular formula is C51H65BN3O11. The summed E-state index contributed by atoms with van der Waals surface area (Å²) in [5.41, 5.74) is -2.03. The lowest BCUT2D eigenvalue weighted by atomic mass is 9.46. The van der Waals surface area contributed by atoms with Crippen LogP contribution in [0.5, 0.6) is 0 Å². The lowest BCUT2D eigenvalue weighted by Gasteiger charge is -2.63. The Morgan fingerprint density at radius 2 is 1.74 bits per heavy atom. The number of hydrogen-bond acceptors (Lipinski definition) is 13. The first-order chi connectivity index (χ1) is 31.5. The van der Waals surface area contributed by atoms with E-state index < -0.39 is 75.6 Å². The molecule has 1 aromatic carbocycles. The highest BCUT2D eigenvalue weighted by molar-refractivity contribution is 6.67. The highest BCUT2D eigenvalue weighted by Crippen LogP contribution is 2.70. The van der Waals surface area contributed by atoms with Crippen LogP contribution in [0.3, 0.4) is 0 Å². The molecule has 12 atom stereocenters. The molecule has 15 heteroatoms. The fourth-order valence-electron chi connectivity index (χ4n) is 14.7. The SMILES string of the molecule is CC[C@]1(O)C[C@H]2CN(CCC3=C([B]c4ccc(C(=O)CC(C)C)cc43)[C@@](C(=O)OC)(C3C=C4C(=CC3OC)N(C=O)[C@H]3[C@@](O)(C(=O)OC)[C@H](OC(C)=O)[C@]5(CC)C=CCN6CC[C@]43[C@@H]65)C2)C1. The lowest BCUT2D eigenvalue weighted by molar-refractivity contribution is -0.242. The first kappa shape index (κ1) is 46.7. The maximum atomic E-state index is 15.6. The number of aliphatic hydroxyl groups is 2. The number of fused-ring (bicyclic) bond motifs is 5. The Balaban J connectivity index is 1.32. The zero-order valence-corrected chi connectivity index (χ0v) is 39.6. The van der Waals surface area contributed by atoms with Crippen molar-refractivity contribution in [1.82, 2.24) is 14.7 Å². The van der Waals surface area contributed by atoms with Crippen LogP contribution in [0, 0.1) is 34.0 Å². The quantitative estimate of drug-likeness (QED) is 0.0826. The number of likely N-dealkylation sites (tertiary alicyclic amines) is 1. The molecule has 9 rings (SSSR count). The van der Waals surface area contributed by atoms with Crippen molar-refractivity contribution in [2.24, 2.45) is 34.0 Å². The third-order valence-corrected chi connectivity index (χ3v) is 17.1. The van der Waals surface area contributed by atoms with Crippen molar-refractivity contribution in [3.8, 4) is 0 Å². The minimum Gasteiger partial charge on any atom is -0.468 e. The number of carbonyl (C=O) groups excluding carboxylic acids is 5. The van der Waals surface area contributed by atoms with Crippen LogP contribution >= 0.6 is 0 Å². The maximum absolute atomic E-state index is 15.6. The van der Waals surface area contributed by atoms with Crippen molar-refractivity contribution in [2.75, 3.05) is 54.1 Å². The van der Waals surface area contributed by atoms with Crippen LogP contribution in [0.1, 0.15) is 95.5 Å². The highest BCUT2D eigenvalue weighted by atomic mass is 16.6. The second kappa shape index (κ2) is 16.7. The summed E-state index contributed by atoms with van der Waals surface area (Å²) in [7, 11) is 6.23. The van der Waals surface area contributed by atoms with Crippen LogP contribution in [-0.2, 0) is 38.1 Å². The van der Waals surface area contributed by atoms with Gasteiger partial charge in [-0.25, -0.2) is 4.79 Å².